The fourth-order valence-electron chi connectivity index (χ4n) is 1.47. The highest BCUT2D eigenvalue weighted by Crippen LogP contribution is 2.15. The fraction of sp³-hybridized carbons (Fsp3) is 0.533. The van der Waals surface area contributed by atoms with Gasteiger partial charge in [0, 0.05) is 30.3 Å². The van der Waals surface area contributed by atoms with Gasteiger partial charge < -0.3 is 10.6 Å². The molecule has 2 N–H and O–H groups in total. The molecular weight excluding hydrogens is 381 g/mol. The summed E-state index contributed by atoms with van der Waals surface area (Å²) in [4.78, 5) is 5.86. The van der Waals surface area contributed by atoms with Crippen LogP contribution in [0.15, 0.2) is 40.2 Å². The Labute approximate surface area is 144 Å². The summed E-state index contributed by atoms with van der Waals surface area (Å²) in [5, 5.41) is 6.63. The largest absolute Gasteiger partial charge is 0.357 e. The predicted molar refractivity (Wildman–Crippen MR) is 101 cm³/mol. The minimum atomic E-state index is 0. The van der Waals surface area contributed by atoms with Gasteiger partial charge in [0.15, 0.2) is 5.96 Å². The zero-order valence-electron chi connectivity index (χ0n) is 12.6. The normalized spacial score (nSPS) is 11.1. The third-order valence-corrected chi connectivity index (χ3v) is 3.38. The minimum absolute atomic E-state index is 0. The number of benzene rings is 1. The van der Waals surface area contributed by atoms with E-state index in [1.54, 1.807) is 0 Å². The Hall–Kier alpha value is -0.430. The summed E-state index contributed by atoms with van der Waals surface area (Å²) in [5.74, 6) is 2.55. The van der Waals surface area contributed by atoms with Crippen LogP contribution in [0.4, 0.5) is 0 Å². The summed E-state index contributed by atoms with van der Waals surface area (Å²) in [6, 6.07) is 10.5. The zero-order chi connectivity index (χ0) is 13.9. The van der Waals surface area contributed by atoms with Crippen molar-refractivity contribution in [3.63, 3.8) is 0 Å². The van der Waals surface area contributed by atoms with E-state index in [0.29, 0.717) is 5.92 Å². The van der Waals surface area contributed by atoms with Crippen molar-refractivity contribution in [2.75, 3.05) is 25.4 Å². The molecule has 0 saturated heterocycles. The molecule has 0 radical (unpaired) electrons. The third-order valence-electron chi connectivity index (χ3n) is 2.37. The lowest BCUT2D eigenvalue weighted by Crippen LogP contribution is -2.38. The fourth-order valence-corrected chi connectivity index (χ4v) is 2.26. The second-order valence-corrected chi connectivity index (χ2v) is 5.87. The molecule has 0 saturated carbocycles. The number of hydrogen-bond donors (Lipinski definition) is 2. The minimum Gasteiger partial charge on any atom is -0.357 e. The van der Waals surface area contributed by atoms with Crippen molar-refractivity contribution in [1.82, 2.24) is 10.6 Å². The van der Waals surface area contributed by atoms with Crippen LogP contribution in [0.3, 0.4) is 0 Å². The van der Waals surface area contributed by atoms with Crippen molar-refractivity contribution in [2.24, 2.45) is 10.9 Å². The molecule has 1 rings (SSSR count). The first kappa shape index (κ1) is 19.6. The van der Waals surface area contributed by atoms with Crippen molar-refractivity contribution in [1.29, 1.82) is 0 Å². The van der Waals surface area contributed by atoms with Crippen LogP contribution in [-0.4, -0.2) is 31.3 Å². The highest BCUT2D eigenvalue weighted by Gasteiger charge is 1.98. The highest BCUT2D eigenvalue weighted by atomic mass is 127. The first-order valence-electron chi connectivity index (χ1n) is 6.92. The molecule has 114 valence electrons. The van der Waals surface area contributed by atoms with E-state index in [0.717, 1.165) is 31.3 Å². The molecule has 20 heavy (non-hydrogen) atoms. The molecule has 0 aromatic heterocycles. The number of rotatable bonds is 7. The average Bonchev–Trinajstić information content (AvgIpc) is 2.41. The maximum Gasteiger partial charge on any atom is 0.191 e. The number of halogens is 1. The van der Waals surface area contributed by atoms with E-state index in [4.69, 9.17) is 0 Å². The summed E-state index contributed by atoms with van der Waals surface area (Å²) >= 11 is 1.86. The van der Waals surface area contributed by atoms with Crippen molar-refractivity contribution in [3.05, 3.63) is 30.3 Å². The molecule has 0 unspecified atom stereocenters. The molecule has 0 fully saturated rings. The van der Waals surface area contributed by atoms with Gasteiger partial charge in [-0.05, 0) is 25.0 Å². The van der Waals surface area contributed by atoms with E-state index < -0.39 is 0 Å². The lowest BCUT2D eigenvalue weighted by molar-refractivity contribution is 0.658. The molecule has 0 heterocycles. The molecule has 0 spiro atoms. The van der Waals surface area contributed by atoms with E-state index in [1.165, 1.54) is 4.90 Å². The van der Waals surface area contributed by atoms with Crippen LogP contribution in [0.2, 0.25) is 0 Å². The summed E-state index contributed by atoms with van der Waals surface area (Å²) in [7, 11) is 0. The Kier molecular flexibility index (Phi) is 12.1. The number of hydrogen-bond acceptors (Lipinski definition) is 2. The Morgan fingerprint density at radius 2 is 1.90 bits per heavy atom. The van der Waals surface area contributed by atoms with Gasteiger partial charge in [-0.3, -0.25) is 4.99 Å². The molecule has 0 atom stereocenters. The van der Waals surface area contributed by atoms with Crippen LogP contribution < -0.4 is 10.6 Å². The number of nitrogens with zero attached hydrogens (tertiary/aromatic N) is 1. The van der Waals surface area contributed by atoms with Crippen molar-refractivity contribution >= 4 is 41.7 Å². The van der Waals surface area contributed by atoms with Gasteiger partial charge >= 0.3 is 0 Å². The number of guanidine groups is 1. The van der Waals surface area contributed by atoms with E-state index in [-0.39, 0.29) is 24.0 Å². The maximum absolute atomic E-state index is 4.54. The van der Waals surface area contributed by atoms with Crippen LogP contribution in [0.25, 0.3) is 0 Å². The number of nitrogens with one attached hydrogen (secondary N) is 2. The number of thioether (sulfide) groups is 1. The summed E-state index contributed by atoms with van der Waals surface area (Å²) in [6.45, 7) is 9.13. The van der Waals surface area contributed by atoms with Crippen LogP contribution in [0.1, 0.15) is 20.8 Å². The number of aliphatic imine (C=N–C) groups is 1. The molecule has 3 nitrogen and oxygen atoms in total. The van der Waals surface area contributed by atoms with Crippen LogP contribution >= 0.6 is 35.7 Å². The Morgan fingerprint density at radius 1 is 1.20 bits per heavy atom. The van der Waals surface area contributed by atoms with Crippen molar-refractivity contribution < 1.29 is 0 Å². The zero-order valence-corrected chi connectivity index (χ0v) is 15.7. The van der Waals surface area contributed by atoms with E-state index in [2.05, 4.69) is 60.7 Å². The molecule has 0 bridgehead atoms. The summed E-state index contributed by atoms with van der Waals surface area (Å²) < 4.78 is 0. The van der Waals surface area contributed by atoms with Gasteiger partial charge in [0.25, 0.3) is 0 Å². The Bertz CT molecular complexity index is 369. The van der Waals surface area contributed by atoms with Crippen molar-refractivity contribution in [2.45, 2.75) is 25.7 Å². The topological polar surface area (TPSA) is 36.4 Å². The van der Waals surface area contributed by atoms with E-state index in [1.807, 2.05) is 17.8 Å². The second kappa shape index (κ2) is 12.3. The molecule has 0 aliphatic carbocycles. The smallest absolute Gasteiger partial charge is 0.191 e. The second-order valence-electron chi connectivity index (χ2n) is 4.70. The molecule has 5 heteroatoms. The lowest BCUT2D eigenvalue weighted by atomic mass is 10.2. The molecule has 0 amide bonds. The average molecular weight is 407 g/mol. The monoisotopic (exact) mass is 407 g/mol. The lowest BCUT2D eigenvalue weighted by Gasteiger charge is -2.11. The first-order valence-corrected chi connectivity index (χ1v) is 7.91. The maximum atomic E-state index is 4.54. The van der Waals surface area contributed by atoms with Crippen LogP contribution in [-0.2, 0) is 0 Å². The first-order chi connectivity index (χ1) is 9.22. The van der Waals surface area contributed by atoms with Gasteiger partial charge in [0.1, 0.15) is 0 Å². The standard InChI is InChI=1S/C15H25N3S.HI/c1-4-16-15(18-12-13(2)3)17-10-11-19-14-8-6-5-7-9-14;/h5-9,13H,4,10-12H2,1-3H3,(H2,16,17,18);1H. The van der Waals surface area contributed by atoms with E-state index in [9.17, 15) is 0 Å². The van der Waals surface area contributed by atoms with Crippen LogP contribution in [0.5, 0.6) is 0 Å². The van der Waals surface area contributed by atoms with E-state index >= 15 is 0 Å². The molecule has 0 aliphatic rings. The quantitative estimate of drug-likeness (QED) is 0.238. The van der Waals surface area contributed by atoms with Gasteiger partial charge in [0.05, 0.1) is 0 Å². The predicted octanol–water partition coefficient (Wildman–Crippen LogP) is 3.61. The third kappa shape index (κ3) is 9.47. The van der Waals surface area contributed by atoms with Gasteiger partial charge in [-0.1, -0.05) is 32.0 Å². The van der Waals surface area contributed by atoms with Crippen LogP contribution in [0, 0.1) is 5.92 Å². The molecular formula is C15H26IN3S. The van der Waals surface area contributed by atoms with Gasteiger partial charge in [0.2, 0.25) is 0 Å². The molecule has 0 aliphatic heterocycles. The van der Waals surface area contributed by atoms with Gasteiger partial charge in [-0.25, -0.2) is 0 Å². The Morgan fingerprint density at radius 3 is 2.50 bits per heavy atom. The van der Waals surface area contributed by atoms with Crippen molar-refractivity contribution in [3.8, 4) is 0 Å². The summed E-state index contributed by atoms with van der Waals surface area (Å²) in [5.41, 5.74) is 0. The Balaban J connectivity index is 0.00000361. The molecule has 1 aromatic rings. The summed E-state index contributed by atoms with van der Waals surface area (Å²) in [6.07, 6.45) is 0. The van der Waals surface area contributed by atoms with Gasteiger partial charge in [-0.2, -0.15) is 0 Å². The highest BCUT2D eigenvalue weighted by molar-refractivity contribution is 14.0. The van der Waals surface area contributed by atoms with Gasteiger partial charge in [-0.15, -0.1) is 35.7 Å². The SMILES string of the molecule is CCNC(=NCC(C)C)NCCSc1ccccc1.I. The molecule has 1 aromatic carbocycles.